The summed E-state index contributed by atoms with van der Waals surface area (Å²) in [6.07, 6.45) is 0. The van der Waals surface area contributed by atoms with Crippen LogP contribution in [0.1, 0.15) is 18.1 Å². The van der Waals surface area contributed by atoms with E-state index in [4.69, 9.17) is 15.9 Å². The maximum Gasteiger partial charge on any atom is 0.122 e. The number of hydrogen-bond donors (Lipinski definition) is 2. The first-order valence-corrected chi connectivity index (χ1v) is 5.92. The molecule has 1 aliphatic heterocycles. The molecule has 4 nitrogen and oxygen atoms in total. The summed E-state index contributed by atoms with van der Waals surface area (Å²) in [7, 11) is 0. The minimum absolute atomic E-state index is 0.122. The Morgan fingerprint density at radius 1 is 1.47 bits per heavy atom. The molecule has 0 saturated carbocycles. The third-order valence-electron chi connectivity index (χ3n) is 3.16. The lowest BCUT2D eigenvalue weighted by Crippen LogP contribution is -2.42. The van der Waals surface area contributed by atoms with Crippen molar-refractivity contribution in [2.45, 2.75) is 19.5 Å². The molecular weight excluding hydrogens is 214 g/mol. The molecular formula is C13H19N3O. The molecule has 1 fully saturated rings. The van der Waals surface area contributed by atoms with Crippen LogP contribution in [0, 0.1) is 5.41 Å². The van der Waals surface area contributed by atoms with E-state index in [1.807, 2.05) is 24.3 Å². The second-order valence-corrected chi connectivity index (χ2v) is 4.51. The number of morpholine rings is 1. The Morgan fingerprint density at radius 3 is 2.76 bits per heavy atom. The summed E-state index contributed by atoms with van der Waals surface area (Å²) in [6.45, 7) is 5.73. The second-order valence-electron chi connectivity index (χ2n) is 4.51. The number of amidine groups is 1. The quantitative estimate of drug-likeness (QED) is 0.609. The first-order chi connectivity index (χ1) is 8.16. The number of hydrogen-bond acceptors (Lipinski definition) is 3. The lowest BCUT2D eigenvalue weighted by atomic mass is 10.1. The zero-order chi connectivity index (χ0) is 12.3. The van der Waals surface area contributed by atoms with Crippen LogP contribution in [-0.4, -0.2) is 36.5 Å². The Hall–Kier alpha value is -1.39. The van der Waals surface area contributed by atoms with E-state index in [1.165, 1.54) is 5.56 Å². The molecule has 1 atom stereocenters. The maximum atomic E-state index is 7.34. The van der Waals surface area contributed by atoms with E-state index in [1.54, 1.807) is 0 Å². The average Bonchev–Trinajstić information content (AvgIpc) is 2.33. The third kappa shape index (κ3) is 3.05. The average molecular weight is 233 g/mol. The van der Waals surface area contributed by atoms with Crippen molar-refractivity contribution >= 4 is 5.84 Å². The Morgan fingerprint density at radius 2 is 2.18 bits per heavy atom. The molecule has 1 heterocycles. The number of ether oxygens (including phenoxy) is 1. The highest BCUT2D eigenvalue weighted by Crippen LogP contribution is 2.12. The van der Waals surface area contributed by atoms with Crippen LogP contribution in [0.15, 0.2) is 24.3 Å². The van der Waals surface area contributed by atoms with Crippen LogP contribution in [-0.2, 0) is 11.3 Å². The number of benzene rings is 1. The standard InChI is InChI=1S/C13H19N3O/c1-10-9-17-7-6-16(10)8-11-2-4-12(5-3-11)13(14)15/h2-5,10H,6-9H2,1H3,(H3,14,15). The van der Waals surface area contributed by atoms with E-state index in [0.717, 1.165) is 31.9 Å². The molecule has 2 rings (SSSR count). The number of nitrogen functional groups attached to an aromatic ring is 1. The molecule has 1 unspecified atom stereocenters. The summed E-state index contributed by atoms with van der Waals surface area (Å²) in [5, 5.41) is 7.34. The molecule has 0 bridgehead atoms. The van der Waals surface area contributed by atoms with Crippen LogP contribution in [0.5, 0.6) is 0 Å². The molecule has 0 amide bonds. The first kappa shape index (κ1) is 12.1. The van der Waals surface area contributed by atoms with Crippen molar-refractivity contribution < 1.29 is 4.74 Å². The van der Waals surface area contributed by atoms with Crippen LogP contribution >= 0.6 is 0 Å². The molecule has 1 saturated heterocycles. The molecule has 0 radical (unpaired) electrons. The molecule has 0 aromatic heterocycles. The van der Waals surface area contributed by atoms with Gasteiger partial charge in [-0.3, -0.25) is 10.3 Å². The van der Waals surface area contributed by atoms with Gasteiger partial charge in [0, 0.05) is 24.7 Å². The van der Waals surface area contributed by atoms with Crippen molar-refractivity contribution in [3.05, 3.63) is 35.4 Å². The monoisotopic (exact) mass is 233 g/mol. The fourth-order valence-corrected chi connectivity index (χ4v) is 2.02. The molecule has 3 N–H and O–H groups in total. The molecule has 4 heteroatoms. The van der Waals surface area contributed by atoms with Gasteiger partial charge in [0.25, 0.3) is 0 Å². The van der Waals surface area contributed by atoms with Crippen LogP contribution in [0.3, 0.4) is 0 Å². The number of nitrogens with two attached hydrogens (primary N) is 1. The molecule has 0 spiro atoms. The summed E-state index contributed by atoms with van der Waals surface area (Å²) in [5.41, 5.74) is 7.46. The van der Waals surface area contributed by atoms with Crippen LogP contribution in [0.2, 0.25) is 0 Å². The first-order valence-electron chi connectivity index (χ1n) is 5.92. The van der Waals surface area contributed by atoms with Crippen molar-refractivity contribution in [3.63, 3.8) is 0 Å². The van der Waals surface area contributed by atoms with Crippen LogP contribution in [0.25, 0.3) is 0 Å². The van der Waals surface area contributed by atoms with E-state index >= 15 is 0 Å². The van der Waals surface area contributed by atoms with Gasteiger partial charge in [0.15, 0.2) is 0 Å². The molecule has 92 valence electrons. The number of nitrogens with zero attached hydrogens (tertiary/aromatic N) is 1. The number of rotatable bonds is 3. The van der Waals surface area contributed by atoms with Crippen molar-refractivity contribution in [1.29, 1.82) is 5.41 Å². The zero-order valence-corrected chi connectivity index (χ0v) is 10.1. The van der Waals surface area contributed by atoms with Crippen molar-refractivity contribution in [3.8, 4) is 0 Å². The smallest absolute Gasteiger partial charge is 0.122 e. The van der Waals surface area contributed by atoms with Gasteiger partial charge in [-0.15, -0.1) is 0 Å². The van der Waals surface area contributed by atoms with Crippen LogP contribution < -0.4 is 5.73 Å². The topological polar surface area (TPSA) is 62.3 Å². The lowest BCUT2D eigenvalue weighted by molar-refractivity contribution is -0.00436. The fraction of sp³-hybridized carbons (Fsp3) is 0.462. The Labute approximate surface area is 102 Å². The third-order valence-corrected chi connectivity index (χ3v) is 3.16. The normalized spacial score (nSPS) is 21.4. The minimum atomic E-state index is 0.122. The summed E-state index contributed by atoms with van der Waals surface area (Å²) < 4.78 is 5.41. The Balaban J connectivity index is 2.00. The van der Waals surface area contributed by atoms with Gasteiger partial charge in [-0.2, -0.15) is 0 Å². The van der Waals surface area contributed by atoms with Crippen molar-refractivity contribution in [1.82, 2.24) is 4.90 Å². The van der Waals surface area contributed by atoms with E-state index in [0.29, 0.717) is 6.04 Å². The minimum Gasteiger partial charge on any atom is -0.384 e. The summed E-state index contributed by atoms with van der Waals surface area (Å²) in [6, 6.07) is 8.36. The van der Waals surface area contributed by atoms with Gasteiger partial charge in [0.05, 0.1) is 13.2 Å². The number of nitrogens with one attached hydrogen (secondary N) is 1. The maximum absolute atomic E-state index is 7.34. The van der Waals surface area contributed by atoms with E-state index in [-0.39, 0.29) is 5.84 Å². The highest BCUT2D eigenvalue weighted by Gasteiger charge is 2.18. The van der Waals surface area contributed by atoms with Gasteiger partial charge in [0.1, 0.15) is 5.84 Å². The summed E-state index contributed by atoms with van der Waals surface area (Å²) in [5.74, 6) is 0.122. The highest BCUT2D eigenvalue weighted by molar-refractivity contribution is 5.94. The molecule has 1 aromatic carbocycles. The predicted octanol–water partition coefficient (Wildman–Crippen LogP) is 1.19. The summed E-state index contributed by atoms with van der Waals surface area (Å²) >= 11 is 0. The largest absolute Gasteiger partial charge is 0.384 e. The second kappa shape index (κ2) is 5.29. The fourth-order valence-electron chi connectivity index (χ4n) is 2.02. The molecule has 17 heavy (non-hydrogen) atoms. The van der Waals surface area contributed by atoms with Crippen LogP contribution in [0.4, 0.5) is 0 Å². The Kier molecular flexibility index (Phi) is 3.76. The van der Waals surface area contributed by atoms with Gasteiger partial charge in [0.2, 0.25) is 0 Å². The lowest BCUT2D eigenvalue weighted by Gasteiger charge is -2.33. The summed E-state index contributed by atoms with van der Waals surface area (Å²) in [4.78, 5) is 2.41. The molecule has 1 aromatic rings. The van der Waals surface area contributed by atoms with Gasteiger partial charge in [-0.1, -0.05) is 24.3 Å². The van der Waals surface area contributed by atoms with Gasteiger partial charge < -0.3 is 10.5 Å². The van der Waals surface area contributed by atoms with E-state index in [9.17, 15) is 0 Å². The molecule has 0 aliphatic carbocycles. The van der Waals surface area contributed by atoms with Crippen molar-refractivity contribution in [2.75, 3.05) is 19.8 Å². The van der Waals surface area contributed by atoms with Crippen molar-refractivity contribution in [2.24, 2.45) is 5.73 Å². The SMILES string of the molecule is CC1COCCN1Cc1ccc(C(=N)N)cc1. The zero-order valence-electron chi connectivity index (χ0n) is 10.1. The van der Waals surface area contributed by atoms with Gasteiger partial charge >= 0.3 is 0 Å². The predicted molar refractivity (Wildman–Crippen MR) is 68.1 cm³/mol. The molecule has 1 aliphatic rings. The van der Waals surface area contributed by atoms with E-state index < -0.39 is 0 Å². The van der Waals surface area contributed by atoms with Gasteiger partial charge in [-0.05, 0) is 12.5 Å². The van der Waals surface area contributed by atoms with Gasteiger partial charge in [-0.25, -0.2) is 0 Å². The Bertz CT molecular complexity index is 388. The highest BCUT2D eigenvalue weighted by atomic mass is 16.5. The van der Waals surface area contributed by atoms with E-state index in [2.05, 4.69) is 11.8 Å².